The third kappa shape index (κ3) is 6.22. The Balaban J connectivity index is 1.96. The van der Waals surface area contributed by atoms with Crippen LogP contribution in [0.15, 0.2) is 54.6 Å². The van der Waals surface area contributed by atoms with Gasteiger partial charge in [-0.1, -0.05) is 42.5 Å². The molecule has 0 heterocycles. The minimum Gasteiger partial charge on any atom is -0.462 e. The van der Waals surface area contributed by atoms with Crippen molar-refractivity contribution in [1.29, 1.82) is 0 Å². The molecule has 0 aliphatic carbocycles. The highest BCUT2D eigenvalue weighted by Crippen LogP contribution is 2.48. The quantitative estimate of drug-likeness (QED) is 0.112. The van der Waals surface area contributed by atoms with Gasteiger partial charge in [0.1, 0.15) is 11.8 Å². The van der Waals surface area contributed by atoms with Crippen LogP contribution < -0.4 is 14.1 Å². The summed E-state index contributed by atoms with van der Waals surface area (Å²) in [5, 5.41) is 2.11. The third-order valence-electron chi connectivity index (χ3n) is 4.63. The highest BCUT2D eigenvalue weighted by atomic mass is 31.2. The highest BCUT2D eigenvalue weighted by molar-refractivity contribution is 7.52. The SMILES string of the molecule is CC(C)OC(=O)[C@H](C)NP(=O)(Oc1ccc(-c2ccccc2)cc1)Oc1c(F)c(F)c(F)c(F)c1F. The Hall–Kier alpha value is -3.43. The summed E-state index contributed by atoms with van der Waals surface area (Å²) in [6.45, 7) is 4.27. The summed E-state index contributed by atoms with van der Waals surface area (Å²) in [5.74, 6) is -14.7. The summed E-state index contributed by atoms with van der Waals surface area (Å²) in [7, 11) is -5.00. The Bertz CT molecular complexity index is 1260. The fourth-order valence-corrected chi connectivity index (χ4v) is 4.48. The van der Waals surface area contributed by atoms with Gasteiger partial charge in [-0.3, -0.25) is 4.79 Å². The van der Waals surface area contributed by atoms with E-state index in [-0.39, 0.29) is 5.75 Å². The van der Waals surface area contributed by atoms with Crippen LogP contribution in [-0.2, 0) is 14.1 Å². The van der Waals surface area contributed by atoms with Crippen LogP contribution in [0, 0.1) is 29.1 Å². The van der Waals surface area contributed by atoms with Crippen molar-refractivity contribution in [3.05, 3.63) is 83.7 Å². The molecule has 6 nitrogen and oxygen atoms in total. The average molecular weight is 529 g/mol. The number of benzene rings is 3. The Morgan fingerprint density at radius 1 is 0.750 bits per heavy atom. The molecule has 0 saturated carbocycles. The first kappa shape index (κ1) is 27.2. The van der Waals surface area contributed by atoms with Crippen molar-refractivity contribution in [2.75, 3.05) is 0 Å². The van der Waals surface area contributed by atoms with Gasteiger partial charge in [0.25, 0.3) is 0 Å². The van der Waals surface area contributed by atoms with Crippen molar-refractivity contribution >= 4 is 13.7 Å². The minimum atomic E-state index is -5.00. The number of hydrogen-bond acceptors (Lipinski definition) is 5. The van der Waals surface area contributed by atoms with Gasteiger partial charge in [0, 0.05) is 0 Å². The van der Waals surface area contributed by atoms with Gasteiger partial charge in [-0.15, -0.1) is 0 Å². The fourth-order valence-electron chi connectivity index (χ4n) is 2.96. The van der Waals surface area contributed by atoms with E-state index in [2.05, 4.69) is 5.09 Å². The maximum absolute atomic E-state index is 14.2. The Kier molecular flexibility index (Phi) is 8.37. The fraction of sp³-hybridized carbons (Fsp3) is 0.208. The lowest BCUT2D eigenvalue weighted by Gasteiger charge is -2.24. The highest BCUT2D eigenvalue weighted by Gasteiger charge is 2.38. The molecular weight excluding hydrogens is 508 g/mol. The van der Waals surface area contributed by atoms with Gasteiger partial charge in [-0.25, -0.2) is 17.7 Å². The van der Waals surface area contributed by atoms with Gasteiger partial charge in [-0.2, -0.15) is 13.9 Å². The number of carbonyl (C=O) groups excluding carboxylic acids is 1. The molecule has 3 aromatic carbocycles. The third-order valence-corrected chi connectivity index (χ3v) is 6.20. The van der Waals surface area contributed by atoms with E-state index in [9.17, 15) is 31.3 Å². The van der Waals surface area contributed by atoms with Crippen molar-refractivity contribution in [1.82, 2.24) is 5.09 Å². The predicted molar refractivity (Wildman–Crippen MR) is 121 cm³/mol. The molecule has 2 atom stereocenters. The number of rotatable bonds is 9. The normalized spacial score (nSPS) is 13.7. The molecule has 0 aromatic heterocycles. The number of ether oxygens (including phenoxy) is 1. The van der Waals surface area contributed by atoms with E-state index < -0.39 is 60.7 Å². The molecule has 3 aromatic rings. The molecule has 0 bridgehead atoms. The van der Waals surface area contributed by atoms with Crippen molar-refractivity contribution in [2.24, 2.45) is 0 Å². The summed E-state index contributed by atoms with van der Waals surface area (Å²) < 4.78 is 97.8. The standard InChI is InChI=1S/C24H21F5NO5P/c1-13(2)33-24(31)14(3)30-36(32,35-23-21(28)19(26)18(25)20(27)22(23)29)34-17-11-9-16(10-12-17)15-7-5-4-6-8-15/h4-14H,1-3H3,(H,30,32)/t14-,36?/m0/s1. The Morgan fingerprint density at radius 2 is 1.25 bits per heavy atom. The van der Waals surface area contributed by atoms with E-state index in [4.69, 9.17) is 13.8 Å². The van der Waals surface area contributed by atoms with E-state index >= 15 is 0 Å². The van der Waals surface area contributed by atoms with Crippen LogP contribution in [0.1, 0.15) is 20.8 Å². The van der Waals surface area contributed by atoms with Gasteiger partial charge in [0.15, 0.2) is 0 Å². The largest absolute Gasteiger partial charge is 0.513 e. The lowest BCUT2D eigenvalue weighted by Crippen LogP contribution is -2.37. The number of esters is 1. The molecule has 192 valence electrons. The number of halogens is 5. The van der Waals surface area contributed by atoms with Gasteiger partial charge in [0.05, 0.1) is 6.10 Å². The molecule has 0 aliphatic heterocycles. The van der Waals surface area contributed by atoms with Crippen LogP contribution in [0.3, 0.4) is 0 Å². The van der Waals surface area contributed by atoms with Crippen LogP contribution in [0.2, 0.25) is 0 Å². The molecule has 1 N–H and O–H groups in total. The van der Waals surface area contributed by atoms with Crippen LogP contribution >= 0.6 is 7.75 Å². The molecule has 0 amide bonds. The molecule has 0 aliphatic rings. The van der Waals surface area contributed by atoms with Crippen LogP contribution in [-0.4, -0.2) is 18.1 Å². The summed E-state index contributed by atoms with van der Waals surface area (Å²) in [4.78, 5) is 12.2. The van der Waals surface area contributed by atoms with Crippen LogP contribution in [0.25, 0.3) is 11.1 Å². The molecular formula is C24H21F5NO5P. The predicted octanol–water partition coefficient (Wildman–Crippen LogP) is 6.54. The molecule has 1 unspecified atom stereocenters. The van der Waals surface area contributed by atoms with E-state index in [0.29, 0.717) is 0 Å². The maximum Gasteiger partial charge on any atom is 0.513 e. The van der Waals surface area contributed by atoms with Crippen molar-refractivity contribution in [3.8, 4) is 22.6 Å². The first-order chi connectivity index (χ1) is 16.9. The molecule has 3 rings (SSSR count). The van der Waals surface area contributed by atoms with Gasteiger partial charge >= 0.3 is 13.7 Å². The maximum atomic E-state index is 14.2. The topological polar surface area (TPSA) is 73.9 Å². The van der Waals surface area contributed by atoms with Crippen LogP contribution in [0.5, 0.6) is 11.5 Å². The Morgan fingerprint density at radius 3 is 1.78 bits per heavy atom. The second-order valence-corrected chi connectivity index (χ2v) is 9.42. The van der Waals surface area contributed by atoms with E-state index in [1.165, 1.54) is 19.1 Å². The second kappa shape index (κ2) is 11.1. The van der Waals surface area contributed by atoms with Crippen molar-refractivity contribution < 1.29 is 45.1 Å². The van der Waals surface area contributed by atoms with E-state index in [1.54, 1.807) is 26.0 Å². The van der Waals surface area contributed by atoms with Gasteiger partial charge < -0.3 is 13.8 Å². The Labute approximate surface area is 203 Å². The molecule has 36 heavy (non-hydrogen) atoms. The minimum absolute atomic E-state index is 0.154. The first-order valence-electron chi connectivity index (χ1n) is 10.6. The first-order valence-corrected chi connectivity index (χ1v) is 12.1. The smallest absolute Gasteiger partial charge is 0.462 e. The van der Waals surface area contributed by atoms with Crippen LogP contribution in [0.4, 0.5) is 22.0 Å². The van der Waals surface area contributed by atoms with E-state index in [1.807, 2.05) is 30.3 Å². The van der Waals surface area contributed by atoms with Crippen molar-refractivity contribution in [3.63, 3.8) is 0 Å². The van der Waals surface area contributed by atoms with Crippen molar-refractivity contribution in [2.45, 2.75) is 32.9 Å². The van der Waals surface area contributed by atoms with Gasteiger partial charge in [-0.05, 0) is 44.0 Å². The average Bonchev–Trinajstić information content (AvgIpc) is 2.85. The molecule has 12 heteroatoms. The summed E-state index contributed by atoms with van der Waals surface area (Å²) in [6, 6.07) is 13.5. The monoisotopic (exact) mass is 529 g/mol. The molecule has 0 radical (unpaired) electrons. The zero-order valence-corrected chi connectivity index (χ0v) is 20.1. The zero-order valence-electron chi connectivity index (χ0n) is 19.2. The molecule has 0 saturated heterocycles. The lowest BCUT2D eigenvalue weighted by molar-refractivity contribution is -0.149. The van der Waals surface area contributed by atoms with E-state index in [0.717, 1.165) is 11.1 Å². The lowest BCUT2D eigenvalue weighted by atomic mass is 10.1. The number of hydrogen-bond donors (Lipinski definition) is 1. The summed E-state index contributed by atoms with van der Waals surface area (Å²) >= 11 is 0. The molecule has 0 fully saturated rings. The number of nitrogens with one attached hydrogen (secondary N) is 1. The second-order valence-electron chi connectivity index (χ2n) is 7.81. The van der Waals surface area contributed by atoms with Gasteiger partial charge in [0.2, 0.25) is 34.8 Å². The summed E-state index contributed by atoms with van der Waals surface area (Å²) in [6.07, 6.45) is -0.566. The zero-order chi connectivity index (χ0) is 26.6. The molecule has 0 spiro atoms. The number of carbonyl (C=O) groups is 1. The summed E-state index contributed by atoms with van der Waals surface area (Å²) in [5.41, 5.74) is 1.58.